The first-order valence-electron chi connectivity index (χ1n) is 9.65. The zero-order valence-electron chi connectivity index (χ0n) is 17.4. The fraction of sp³-hybridized carbons (Fsp3) is 0.286. The molecule has 156 valence electrons. The highest BCUT2D eigenvalue weighted by atomic mass is 16.5. The second-order valence-corrected chi connectivity index (χ2v) is 6.55. The van der Waals surface area contributed by atoms with E-state index in [9.17, 15) is 9.59 Å². The van der Waals surface area contributed by atoms with Crippen LogP contribution in [0.15, 0.2) is 36.7 Å². The van der Waals surface area contributed by atoms with Crippen molar-refractivity contribution >= 4 is 23.6 Å². The number of esters is 1. The first-order valence-corrected chi connectivity index (χ1v) is 9.65. The Balaban J connectivity index is 1.83. The molecule has 9 heteroatoms. The predicted molar refractivity (Wildman–Crippen MR) is 112 cm³/mol. The van der Waals surface area contributed by atoms with Gasteiger partial charge in [0.05, 0.1) is 17.9 Å². The maximum atomic E-state index is 12.5. The molecule has 1 N–H and O–H groups in total. The van der Waals surface area contributed by atoms with Crippen molar-refractivity contribution in [3.8, 4) is 5.69 Å². The fourth-order valence-electron chi connectivity index (χ4n) is 3.40. The van der Waals surface area contributed by atoms with Crippen molar-refractivity contribution in [2.24, 2.45) is 0 Å². The van der Waals surface area contributed by atoms with Crippen LogP contribution in [0.3, 0.4) is 0 Å². The zero-order valence-corrected chi connectivity index (χ0v) is 17.4. The molecule has 0 aliphatic carbocycles. The van der Waals surface area contributed by atoms with Gasteiger partial charge in [-0.05, 0) is 62.4 Å². The van der Waals surface area contributed by atoms with Gasteiger partial charge < -0.3 is 14.6 Å². The molecule has 0 atom stereocenters. The number of benzene rings is 1. The number of carbonyl (C=O) groups is 2. The fourth-order valence-corrected chi connectivity index (χ4v) is 3.40. The molecule has 0 saturated heterocycles. The number of carbonyl (C=O) groups excluding carboxylic acids is 2. The standard InChI is InChI=1S/C21H24N6O3/c1-5-26-14(3)18(20(15(26)4)21(29)30-6-2)10-11-19(28)23-16-8-7-9-17(12-16)27-13-22-24-25-27/h7-13H,5-6H2,1-4H3,(H,23,28). The van der Waals surface area contributed by atoms with E-state index in [1.54, 1.807) is 31.2 Å². The molecule has 0 radical (unpaired) electrons. The highest BCUT2D eigenvalue weighted by molar-refractivity contribution is 6.04. The van der Waals surface area contributed by atoms with Crippen molar-refractivity contribution < 1.29 is 14.3 Å². The lowest BCUT2D eigenvalue weighted by molar-refractivity contribution is -0.111. The number of hydrogen-bond donors (Lipinski definition) is 1. The second-order valence-electron chi connectivity index (χ2n) is 6.55. The number of ether oxygens (including phenoxy) is 1. The Labute approximate surface area is 174 Å². The van der Waals surface area contributed by atoms with E-state index in [1.807, 2.05) is 31.4 Å². The maximum Gasteiger partial charge on any atom is 0.340 e. The molecule has 0 aliphatic heterocycles. The Morgan fingerprint density at radius 1 is 1.20 bits per heavy atom. The lowest BCUT2D eigenvalue weighted by atomic mass is 10.1. The Morgan fingerprint density at radius 2 is 2.00 bits per heavy atom. The summed E-state index contributed by atoms with van der Waals surface area (Å²) < 4.78 is 8.73. The van der Waals surface area contributed by atoms with Gasteiger partial charge >= 0.3 is 5.97 Å². The Hall–Kier alpha value is -3.75. The van der Waals surface area contributed by atoms with E-state index in [0.717, 1.165) is 17.1 Å². The summed E-state index contributed by atoms with van der Waals surface area (Å²) in [6.45, 7) is 8.58. The Kier molecular flexibility index (Phi) is 6.41. The molecule has 3 rings (SSSR count). The van der Waals surface area contributed by atoms with E-state index < -0.39 is 0 Å². The summed E-state index contributed by atoms with van der Waals surface area (Å²) >= 11 is 0. The number of aromatic nitrogens is 5. The molecule has 0 fully saturated rings. The summed E-state index contributed by atoms with van der Waals surface area (Å²) in [5, 5.41) is 13.9. The van der Waals surface area contributed by atoms with Gasteiger partial charge in [-0.15, -0.1) is 5.10 Å². The molecule has 0 saturated carbocycles. The normalized spacial score (nSPS) is 11.1. The molecule has 0 spiro atoms. The van der Waals surface area contributed by atoms with E-state index in [2.05, 4.69) is 20.8 Å². The number of nitrogens with zero attached hydrogens (tertiary/aromatic N) is 5. The minimum Gasteiger partial charge on any atom is -0.462 e. The van der Waals surface area contributed by atoms with Crippen molar-refractivity contribution in [3.05, 3.63) is 59.2 Å². The molecule has 0 aliphatic rings. The van der Waals surface area contributed by atoms with Gasteiger partial charge in [-0.3, -0.25) is 4.79 Å². The average molecular weight is 408 g/mol. The lowest BCUT2D eigenvalue weighted by Gasteiger charge is -2.05. The monoisotopic (exact) mass is 408 g/mol. The topological polar surface area (TPSA) is 104 Å². The highest BCUT2D eigenvalue weighted by Gasteiger charge is 2.22. The van der Waals surface area contributed by atoms with Crippen molar-refractivity contribution in [1.82, 2.24) is 24.8 Å². The number of amides is 1. The van der Waals surface area contributed by atoms with Crippen molar-refractivity contribution in [1.29, 1.82) is 0 Å². The summed E-state index contributed by atoms with van der Waals surface area (Å²) in [6, 6.07) is 7.15. The average Bonchev–Trinajstić information content (AvgIpc) is 3.33. The number of anilines is 1. The lowest BCUT2D eigenvalue weighted by Crippen LogP contribution is -2.09. The largest absolute Gasteiger partial charge is 0.462 e. The van der Waals surface area contributed by atoms with Crippen LogP contribution in [0.25, 0.3) is 11.8 Å². The summed E-state index contributed by atoms with van der Waals surface area (Å²) in [5.74, 6) is -0.709. The van der Waals surface area contributed by atoms with Crippen LogP contribution in [-0.4, -0.2) is 43.3 Å². The molecule has 0 unspecified atom stereocenters. The van der Waals surface area contributed by atoms with Gasteiger partial charge in [-0.25, -0.2) is 9.48 Å². The van der Waals surface area contributed by atoms with E-state index in [4.69, 9.17) is 4.74 Å². The van der Waals surface area contributed by atoms with Crippen LogP contribution >= 0.6 is 0 Å². The van der Waals surface area contributed by atoms with Gasteiger partial charge in [0.2, 0.25) is 5.91 Å². The summed E-state index contributed by atoms with van der Waals surface area (Å²) in [4.78, 5) is 25.0. The summed E-state index contributed by atoms with van der Waals surface area (Å²) in [6.07, 6.45) is 4.54. The van der Waals surface area contributed by atoms with E-state index in [0.29, 0.717) is 23.4 Å². The smallest absolute Gasteiger partial charge is 0.340 e. The number of hydrogen-bond acceptors (Lipinski definition) is 6. The summed E-state index contributed by atoms with van der Waals surface area (Å²) in [7, 11) is 0. The first kappa shape index (κ1) is 21.0. The van der Waals surface area contributed by atoms with Crippen LogP contribution in [0, 0.1) is 13.8 Å². The van der Waals surface area contributed by atoms with Crippen molar-refractivity contribution in [2.75, 3.05) is 11.9 Å². The molecule has 2 heterocycles. The molecule has 30 heavy (non-hydrogen) atoms. The van der Waals surface area contributed by atoms with Gasteiger partial charge in [0, 0.05) is 35.3 Å². The molecular weight excluding hydrogens is 384 g/mol. The highest BCUT2D eigenvalue weighted by Crippen LogP contribution is 2.25. The maximum absolute atomic E-state index is 12.5. The van der Waals surface area contributed by atoms with Gasteiger partial charge in [0.25, 0.3) is 0 Å². The van der Waals surface area contributed by atoms with Crippen molar-refractivity contribution in [2.45, 2.75) is 34.2 Å². The van der Waals surface area contributed by atoms with Crippen molar-refractivity contribution in [3.63, 3.8) is 0 Å². The van der Waals surface area contributed by atoms with Crippen LogP contribution in [0.5, 0.6) is 0 Å². The minimum absolute atomic E-state index is 0.288. The molecular formula is C21H24N6O3. The van der Waals surface area contributed by atoms with E-state index >= 15 is 0 Å². The van der Waals surface area contributed by atoms with Crippen LogP contribution in [0.2, 0.25) is 0 Å². The Bertz CT molecular complexity index is 1080. The second kappa shape index (κ2) is 9.17. The van der Waals surface area contributed by atoms with Gasteiger partial charge in [-0.2, -0.15) is 0 Å². The first-order chi connectivity index (χ1) is 14.5. The number of nitrogens with one attached hydrogen (secondary N) is 1. The molecule has 2 aromatic heterocycles. The van der Waals surface area contributed by atoms with E-state index in [-0.39, 0.29) is 18.5 Å². The molecule has 3 aromatic rings. The van der Waals surface area contributed by atoms with Crippen LogP contribution < -0.4 is 5.32 Å². The number of tetrazole rings is 1. The Morgan fingerprint density at radius 3 is 2.67 bits per heavy atom. The van der Waals surface area contributed by atoms with Gasteiger partial charge in [0.1, 0.15) is 6.33 Å². The van der Waals surface area contributed by atoms with Gasteiger partial charge in [0.15, 0.2) is 0 Å². The minimum atomic E-state index is -0.389. The molecule has 1 aromatic carbocycles. The summed E-state index contributed by atoms with van der Waals surface area (Å²) in [5.41, 5.74) is 4.22. The van der Waals surface area contributed by atoms with Crippen LogP contribution in [0.1, 0.15) is 41.2 Å². The quantitative estimate of drug-likeness (QED) is 0.476. The third-order valence-electron chi connectivity index (χ3n) is 4.76. The number of rotatable bonds is 7. The molecule has 9 nitrogen and oxygen atoms in total. The van der Waals surface area contributed by atoms with Crippen LogP contribution in [0.4, 0.5) is 5.69 Å². The third kappa shape index (κ3) is 4.29. The predicted octanol–water partition coefficient (Wildman–Crippen LogP) is 2.93. The van der Waals surface area contributed by atoms with Gasteiger partial charge in [-0.1, -0.05) is 6.07 Å². The SMILES string of the molecule is CCOC(=O)c1c(C=CC(=O)Nc2cccc(-n3cnnn3)c2)c(C)n(CC)c1C. The van der Waals surface area contributed by atoms with Crippen LogP contribution in [-0.2, 0) is 16.1 Å². The molecule has 0 bridgehead atoms. The third-order valence-corrected chi connectivity index (χ3v) is 4.76. The van der Waals surface area contributed by atoms with E-state index in [1.165, 1.54) is 17.1 Å². The zero-order chi connectivity index (χ0) is 21.7. The molecule has 1 amide bonds.